The smallest absolute Gasteiger partial charge is 0.408 e. The second-order valence-electron chi connectivity index (χ2n) is 18.1. The van der Waals surface area contributed by atoms with Gasteiger partial charge in [0.2, 0.25) is 11.8 Å². The number of carbonyl (C=O) groups excluding carboxylic acids is 4. The van der Waals surface area contributed by atoms with Crippen molar-refractivity contribution in [2.45, 2.75) is 145 Å². The Kier molecular flexibility index (Phi) is 9.11. The minimum atomic E-state index is -4.57. The maximum Gasteiger partial charge on any atom is 0.408 e. The van der Waals surface area contributed by atoms with E-state index in [9.17, 15) is 32.3 Å². The Morgan fingerprint density at radius 1 is 0.917 bits per heavy atom. The minimum absolute atomic E-state index is 0.0187. The summed E-state index contributed by atoms with van der Waals surface area (Å²) < 4.78 is 46.8. The van der Waals surface area contributed by atoms with Gasteiger partial charge in [0.25, 0.3) is 0 Å². The van der Waals surface area contributed by atoms with E-state index in [-0.39, 0.29) is 58.7 Å². The molecular formula is C38H57F3N2O5. The van der Waals surface area contributed by atoms with Crippen LogP contribution in [0, 0.1) is 56.7 Å². The van der Waals surface area contributed by atoms with Crippen LogP contribution >= 0.6 is 0 Å². The maximum absolute atomic E-state index is 13.9. The Bertz CT molecular complexity index is 1400. The van der Waals surface area contributed by atoms with Crippen molar-refractivity contribution in [2.75, 3.05) is 0 Å². The first-order valence-electron chi connectivity index (χ1n) is 18.1. The van der Waals surface area contributed by atoms with Crippen LogP contribution in [0.5, 0.6) is 0 Å². The van der Waals surface area contributed by atoms with Crippen LogP contribution in [0.4, 0.5) is 13.2 Å². The second kappa shape index (κ2) is 11.9. The van der Waals surface area contributed by atoms with E-state index in [2.05, 4.69) is 33.0 Å². The van der Waals surface area contributed by atoms with Crippen LogP contribution in [0.1, 0.15) is 127 Å². The van der Waals surface area contributed by atoms with E-state index in [1.54, 1.807) is 13.8 Å². The summed E-state index contributed by atoms with van der Waals surface area (Å²) in [4.78, 5) is 52.4. The van der Waals surface area contributed by atoms with Crippen molar-refractivity contribution in [3.05, 3.63) is 11.1 Å². The van der Waals surface area contributed by atoms with Crippen LogP contribution < -0.4 is 11.1 Å². The van der Waals surface area contributed by atoms with Crippen LogP contribution in [0.3, 0.4) is 0 Å². The molecule has 5 aliphatic carbocycles. The summed E-state index contributed by atoms with van der Waals surface area (Å²) in [5, 5.41) is 2.27. The quantitative estimate of drug-likeness (QED) is 0.271. The largest absolute Gasteiger partial charge is 0.462 e. The molecule has 4 fully saturated rings. The summed E-state index contributed by atoms with van der Waals surface area (Å²) in [5.41, 5.74) is 4.45. The lowest BCUT2D eigenvalue weighted by molar-refractivity contribution is -0.213. The summed E-state index contributed by atoms with van der Waals surface area (Å²) in [6.45, 7) is 17.4. The van der Waals surface area contributed by atoms with Crippen molar-refractivity contribution in [3.63, 3.8) is 0 Å². The van der Waals surface area contributed by atoms with Gasteiger partial charge in [0.05, 0.1) is 17.3 Å². The Labute approximate surface area is 284 Å². The summed E-state index contributed by atoms with van der Waals surface area (Å²) in [5.74, 6) is -0.921. The molecule has 0 saturated heterocycles. The molecule has 0 aromatic heterocycles. The van der Waals surface area contributed by atoms with E-state index in [1.807, 2.05) is 13.8 Å². The van der Waals surface area contributed by atoms with Crippen LogP contribution in [0.25, 0.3) is 0 Å². The predicted molar refractivity (Wildman–Crippen MR) is 176 cm³/mol. The fraction of sp³-hybridized carbons (Fsp3) is 0.842. The number of hydrogen-bond donors (Lipinski definition) is 2. The molecule has 5 rings (SSSR count). The van der Waals surface area contributed by atoms with Crippen molar-refractivity contribution in [2.24, 2.45) is 62.4 Å². The molecule has 3 N–H and O–H groups in total. The lowest BCUT2D eigenvalue weighted by Gasteiger charge is -2.68. The highest BCUT2D eigenvalue weighted by atomic mass is 19.4. The molecule has 0 spiro atoms. The van der Waals surface area contributed by atoms with Crippen molar-refractivity contribution >= 4 is 23.6 Å². The summed E-state index contributed by atoms with van der Waals surface area (Å²) >= 11 is 0. The van der Waals surface area contributed by atoms with E-state index in [0.29, 0.717) is 30.3 Å². The minimum Gasteiger partial charge on any atom is -0.462 e. The predicted octanol–water partition coefficient (Wildman–Crippen LogP) is 7.46. The number of rotatable bonds is 7. The van der Waals surface area contributed by atoms with Crippen molar-refractivity contribution in [1.82, 2.24) is 5.32 Å². The van der Waals surface area contributed by atoms with Crippen LogP contribution in [-0.2, 0) is 23.9 Å². The first kappa shape index (κ1) is 36.9. The monoisotopic (exact) mass is 678 g/mol. The number of fused-ring (bicyclic) bond motifs is 7. The standard InChI is InChI=1S/C38H57F3N2O5/c1-20(2)29-24(44)18-37(32(47)43-21(3)38(39,40)41)17-12-23-22(30(29)37)10-11-26-35(23,8)15-13-25-34(6,7)27(14-16-36(25,26)9)48-28(45)19-33(4,5)31(42)46/h20-23,25-27H,10-19H2,1-9H3,(H2,42,46)(H,43,47)/t21?,22?,23?,25?,26?,27-,35?,36?,37+/m0/s1. The van der Waals surface area contributed by atoms with Gasteiger partial charge < -0.3 is 15.8 Å². The number of Topliss-reactive ketones (excluding diaryl/α,β-unsaturated/α-hetero) is 1. The lowest BCUT2D eigenvalue weighted by atomic mass is 9.36. The molecule has 7 nitrogen and oxygen atoms in total. The van der Waals surface area contributed by atoms with Crippen molar-refractivity contribution < 1.29 is 37.1 Å². The van der Waals surface area contributed by atoms with Gasteiger partial charge in [-0.3, -0.25) is 19.2 Å². The van der Waals surface area contributed by atoms with Crippen LogP contribution in [-0.4, -0.2) is 41.9 Å². The lowest BCUT2D eigenvalue weighted by Crippen LogP contribution is -2.63. The number of nitrogens with two attached hydrogens (primary N) is 1. The van der Waals surface area contributed by atoms with E-state index in [1.165, 1.54) is 0 Å². The molecule has 270 valence electrons. The molecule has 0 radical (unpaired) electrons. The number of primary amides is 1. The van der Waals surface area contributed by atoms with Gasteiger partial charge in [0.1, 0.15) is 12.1 Å². The average Bonchev–Trinajstić information content (AvgIpc) is 3.27. The molecule has 0 aromatic carbocycles. The van der Waals surface area contributed by atoms with E-state index in [0.717, 1.165) is 51.0 Å². The highest BCUT2D eigenvalue weighted by Gasteiger charge is 2.67. The Morgan fingerprint density at radius 2 is 1.54 bits per heavy atom. The molecular weight excluding hydrogens is 621 g/mol. The number of halogens is 3. The van der Waals surface area contributed by atoms with E-state index >= 15 is 0 Å². The van der Waals surface area contributed by atoms with Gasteiger partial charge in [0.15, 0.2) is 5.78 Å². The highest BCUT2D eigenvalue weighted by Crippen LogP contribution is 2.73. The van der Waals surface area contributed by atoms with Crippen LogP contribution in [0.2, 0.25) is 0 Å². The van der Waals surface area contributed by atoms with Gasteiger partial charge in [-0.15, -0.1) is 0 Å². The van der Waals surface area contributed by atoms with Crippen LogP contribution in [0.15, 0.2) is 11.1 Å². The topological polar surface area (TPSA) is 116 Å². The van der Waals surface area contributed by atoms with Gasteiger partial charge >= 0.3 is 12.1 Å². The third-order valence-corrected chi connectivity index (χ3v) is 14.3. The number of ketones is 1. The first-order chi connectivity index (χ1) is 21.9. The molecule has 0 bridgehead atoms. The molecule has 4 saturated carbocycles. The summed E-state index contributed by atoms with van der Waals surface area (Å²) in [6, 6.07) is -1.99. The molecule has 9 atom stereocenters. The summed E-state index contributed by atoms with van der Waals surface area (Å²) in [6.07, 6.45) is 1.39. The second-order valence-corrected chi connectivity index (χ2v) is 18.1. The Morgan fingerprint density at radius 3 is 2.12 bits per heavy atom. The molecule has 2 amide bonds. The molecule has 5 aliphatic rings. The van der Waals surface area contributed by atoms with E-state index < -0.39 is 40.8 Å². The van der Waals surface area contributed by atoms with Gasteiger partial charge in [-0.1, -0.05) is 55.4 Å². The SMILES string of the molecule is CC(C)C1=C2C3CCC4C(C)(CCC5C4(C)CC[C@H](OC(=O)CC(C)(C)C(N)=O)C5(C)C)C3CC[C@@]2(C(=O)NC(C)C(F)(F)F)CC1=O. The van der Waals surface area contributed by atoms with Crippen molar-refractivity contribution in [1.29, 1.82) is 0 Å². The molecule has 0 aromatic rings. The molecule has 7 unspecified atom stereocenters. The maximum atomic E-state index is 13.9. The third-order valence-electron chi connectivity index (χ3n) is 14.3. The zero-order chi connectivity index (χ0) is 36.0. The molecule has 48 heavy (non-hydrogen) atoms. The molecule has 0 aliphatic heterocycles. The number of carbonyl (C=O) groups is 4. The normalized spacial score (nSPS) is 38.4. The number of nitrogens with one attached hydrogen (secondary N) is 1. The number of alkyl halides is 3. The third kappa shape index (κ3) is 5.63. The Hall–Kier alpha value is -2.39. The highest BCUT2D eigenvalue weighted by molar-refractivity contribution is 6.07. The average molecular weight is 679 g/mol. The fourth-order valence-corrected chi connectivity index (χ4v) is 11.8. The number of allylic oxidation sites excluding steroid dienone is 1. The zero-order valence-corrected chi connectivity index (χ0v) is 30.4. The van der Waals surface area contributed by atoms with Gasteiger partial charge in [-0.05, 0) is 110 Å². The number of hydrogen-bond acceptors (Lipinski definition) is 5. The van der Waals surface area contributed by atoms with Crippen molar-refractivity contribution in [3.8, 4) is 0 Å². The van der Waals surface area contributed by atoms with E-state index in [4.69, 9.17) is 10.5 Å². The zero-order valence-electron chi connectivity index (χ0n) is 30.4. The van der Waals surface area contributed by atoms with Gasteiger partial charge in [-0.2, -0.15) is 13.2 Å². The first-order valence-corrected chi connectivity index (χ1v) is 18.1. The number of amides is 2. The fourth-order valence-electron chi connectivity index (χ4n) is 11.8. The van der Waals surface area contributed by atoms with Gasteiger partial charge in [0, 0.05) is 11.8 Å². The number of esters is 1. The number of ether oxygens (including phenoxy) is 1. The Balaban J connectivity index is 1.43. The molecule has 0 heterocycles. The summed E-state index contributed by atoms with van der Waals surface area (Å²) in [7, 11) is 0. The molecule has 10 heteroatoms. The van der Waals surface area contributed by atoms with Gasteiger partial charge in [-0.25, -0.2) is 0 Å².